The van der Waals surface area contributed by atoms with E-state index in [4.69, 9.17) is 14.5 Å². The van der Waals surface area contributed by atoms with E-state index in [2.05, 4.69) is 23.7 Å². The van der Waals surface area contributed by atoms with Gasteiger partial charge < -0.3 is 19.3 Å². The predicted octanol–water partition coefficient (Wildman–Crippen LogP) is 3.12. The van der Waals surface area contributed by atoms with Crippen LogP contribution in [-0.4, -0.2) is 77.4 Å². The molecule has 0 N–H and O–H groups in total. The third kappa shape index (κ3) is 3.91. The number of carbonyl (C=O) groups excluding carboxylic acids is 2. The maximum atomic E-state index is 13.4. The molecule has 0 radical (unpaired) electrons. The fourth-order valence-corrected chi connectivity index (χ4v) is 5.86. The van der Waals surface area contributed by atoms with Crippen molar-refractivity contribution >= 4 is 23.6 Å². The van der Waals surface area contributed by atoms with E-state index in [1.165, 1.54) is 0 Å². The molecule has 34 heavy (non-hydrogen) atoms. The second-order valence-corrected chi connectivity index (χ2v) is 11.5. The molecule has 3 atom stereocenters. The zero-order valence-corrected chi connectivity index (χ0v) is 21.0. The maximum absolute atomic E-state index is 13.4. The van der Waals surface area contributed by atoms with E-state index >= 15 is 0 Å². The number of nitrogens with zero attached hydrogens (tertiary/aromatic N) is 5. The van der Waals surface area contributed by atoms with Gasteiger partial charge in [0.25, 0.3) is 0 Å². The lowest BCUT2D eigenvalue weighted by atomic mass is 9.66. The Balaban J connectivity index is 1.44. The van der Waals surface area contributed by atoms with Crippen LogP contribution in [0.1, 0.15) is 65.9 Å². The first-order valence-electron chi connectivity index (χ1n) is 12.6. The van der Waals surface area contributed by atoms with E-state index in [0.29, 0.717) is 32.8 Å². The third-order valence-electron chi connectivity index (χ3n) is 7.80. The average molecular weight is 472 g/mol. The zero-order chi connectivity index (χ0) is 24.3. The standard InChI is InChI=1S/C25H37N5O4/c1-16-12-29(23(32)34-24(3,4)5)17(2)11-28(16)20-19-21(27-15-26-20)30(14-25(19)8-6-9-25)22(31)18-7-10-33-13-18/h15-18H,6-14H2,1-5H3/t16-,17+,18?/m0/s1. The minimum atomic E-state index is -0.526. The van der Waals surface area contributed by atoms with Gasteiger partial charge in [0, 0.05) is 49.3 Å². The number of rotatable bonds is 2. The molecule has 1 spiro atoms. The van der Waals surface area contributed by atoms with Crippen molar-refractivity contribution in [1.82, 2.24) is 14.9 Å². The summed E-state index contributed by atoms with van der Waals surface area (Å²) in [5.41, 5.74) is 0.534. The molecule has 1 aromatic rings. The number of hydrogen-bond acceptors (Lipinski definition) is 7. The van der Waals surface area contributed by atoms with E-state index in [-0.39, 0.29) is 35.4 Å². The van der Waals surface area contributed by atoms with Gasteiger partial charge in [-0.3, -0.25) is 9.69 Å². The summed E-state index contributed by atoms with van der Waals surface area (Å²) in [6, 6.07) is 0.0385. The van der Waals surface area contributed by atoms with Crippen LogP contribution >= 0.6 is 0 Å². The summed E-state index contributed by atoms with van der Waals surface area (Å²) in [5.74, 6) is 1.74. The van der Waals surface area contributed by atoms with Gasteiger partial charge in [-0.1, -0.05) is 6.42 Å². The molecule has 0 bridgehead atoms. The van der Waals surface area contributed by atoms with Crippen molar-refractivity contribution in [2.24, 2.45) is 5.92 Å². The summed E-state index contributed by atoms with van der Waals surface area (Å²) in [6.45, 7) is 12.9. The van der Waals surface area contributed by atoms with Crippen LogP contribution in [0.2, 0.25) is 0 Å². The Morgan fingerprint density at radius 2 is 1.85 bits per heavy atom. The number of ether oxygens (including phenoxy) is 2. The van der Waals surface area contributed by atoms with Crippen molar-refractivity contribution in [2.45, 2.75) is 83.4 Å². The maximum Gasteiger partial charge on any atom is 0.410 e. The van der Waals surface area contributed by atoms with Crippen molar-refractivity contribution < 1.29 is 19.1 Å². The molecule has 4 heterocycles. The summed E-state index contributed by atoms with van der Waals surface area (Å²) in [5, 5.41) is 0. The molecule has 3 aliphatic heterocycles. The average Bonchev–Trinajstić information content (AvgIpc) is 3.39. The molecule has 0 aromatic carbocycles. The topological polar surface area (TPSA) is 88.1 Å². The molecule has 4 aliphatic rings. The van der Waals surface area contributed by atoms with E-state index in [9.17, 15) is 9.59 Å². The Kier molecular flexibility index (Phi) is 5.73. The molecule has 186 valence electrons. The largest absolute Gasteiger partial charge is 0.444 e. The van der Waals surface area contributed by atoms with E-state index in [1.54, 1.807) is 6.33 Å². The minimum absolute atomic E-state index is 0.0243. The highest BCUT2D eigenvalue weighted by molar-refractivity contribution is 5.98. The van der Waals surface area contributed by atoms with Crippen LogP contribution in [0.15, 0.2) is 6.33 Å². The molecular weight excluding hydrogens is 434 g/mol. The van der Waals surface area contributed by atoms with Crippen LogP contribution in [0.25, 0.3) is 0 Å². The van der Waals surface area contributed by atoms with E-state index in [1.807, 2.05) is 30.6 Å². The number of aromatic nitrogens is 2. The summed E-state index contributed by atoms with van der Waals surface area (Å²) in [7, 11) is 0. The smallest absolute Gasteiger partial charge is 0.410 e. The highest BCUT2D eigenvalue weighted by atomic mass is 16.6. The third-order valence-corrected chi connectivity index (χ3v) is 7.80. The molecule has 9 nitrogen and oxygen atoms in total. The van der Waals surface area contributed by atoms with Crippen LogP contribution in [0.3, 0.4) is 0 Å². The number of amides is 2. The highest BCUT2D eigenvalue weighted by Gasteiger charge is 2.53. The second kappa shape index (κ2) is 8.36. The van der Waals surface area contributed by atoms with Crippen molar-refractivity contribution in [3.05, 3.63) is 11.9 Å². The zero-order valence-electron chi connectivity index (χ0n) is 21.0. The molecular formula is C25H37N5O4. The summed E-state index contributed by atoms with van der Waals surface area (Å²) >= 11 is 0. The first-order valence-corrected chi connectivity index (χ1v) is 12.6. The highest BCUT2D eigenvalue weighted by Crippen LogP contribution is 2.55. The van der Waals surface area contributed by atoms with Crippen molar-refractivity contribution in [2.75, 3.05) is 42.6 Å². The number of piperazine rings is 1. The van der Waals surface area contributed by atoms with Gasteiger partial charge in [-0.05, 0) is 53.9 Å². The van der Waals surface area contributed by atoms with Crippen LogP contribution in [0, 0.1) is 5.92 Å². The van der Waals surface area contributed by atoms with Gasteiger partial charge in [0.1, 0.15) is 23.6 Å². The first kappa shape index (κ1) is 23.3. The summed E-state index contributed by atoms with van der Waals surface area (Å²) in [6.07, 6.45) is 5.34. The van der Waals surface area contributed by atoms with Crippen molar-refractivity contribution in [1.29, 1.82) is 0 Å². The molecule has 1 unspecified atom stereocenters. The van der Waals surface area contributed by atoms with Gasteiger partial charge in [0.05, 0.1) is 12.5 Å². The first-order chi connectivity index (χ1) is 16.1. The second-order valence-electron chi connectivity index (χ2n) is 11.5. The van der Waals surface area contributed by atoms with Crippen LogP contribution in [0.4, 0.5) is 16.4 Å². The van der Waals surface area contributed by atoms with Crippen LogP contribution in [0.5, 0.6) is 0 Å². The fourth-order valence-electron chi connectivity index (χ4n) is 5.86. The molecule has 1 aromatic heterocycles. The lowest BCUT2D eigenvalue weighted by Gasteiger charge is -2.46. The van der Waals surface area contributed by atoms with Gasteiger partial charge >= 0.3 is 6.09 Å². The van der Waals surface area contributed by atoms with Gasteiger partial charge in [-0.25, -0.2) is 14.8 Å². The van der Waals surface area contributed by atoms with Gasteiger partial charge in [0.15, 0.2) is 0 Å². The molecule has 9 heteroatoms. The Morgan fingerprint density at radius 1 is 1.12 bits per heavy atom. The number of carbonyl (C=O) groups is 2. The van der Waals surface area contributed by atoms with Gasteiger partial charge in [0.2, 0.25) is 5.91 Å². The number of hydrogen-bond donors (Lipinski definition) is 0. The normalized spacial score (nSPS) is 28.1. The SMILES string of the molecule is C[C@@H]1CN(c2ncnc3c2C2(CCC2)CN3C(=O)C2CCOC2)[C@@H](C)CN1C(=O)OC(C)(C)C. The van der Waals surface area contributed by atoms with Crippen LogP contribution < -0.4 is 9.80 Å². The van der Waals surface area contributed by atoms with Gasteiger partial charge in [-0.2, -0.15) is 0 Å². The Morgan fingerprint density at radius 3 is 2.47 bits per heavy atom. The fraction of sp³-hybridized carbons (Fsp3) is 0.760. The minimum Gasteiger partial charge on any atom is -0.444 e. The van der Waals surface area contributed by atoms with Crippen LogP contribution in [-0.2, 0) is 19.7 Å². The Hall–Kier alpha value is -2.42. The lowest BCUT2D eigenvalue weighted by molar-refractivity contribution is -0.122. The summed E-state index contributed by atoms with van der Waals surface area (Å²) in [4.78, 5) is 41.6. The Labute approximate surface area is 201 Å². The quantitative estimate of drug-likeness (QED) is 0.655. The van der Waals surface area contributed by atoms with Crippen molar-refractivity contribution in [3.63, 3.8) is 0 Å². The van der Waals surface area contributed by atoms with E-state index in [0.717, 1.165) is 42.9 Å². The summed E-state index contributed by atoms with van der Waals surface area (Å²) < 4.78 is 11.1. The molecule has 3 fully saturated rings. The molecule has 5 rings (SSSR count). The molecule has 2 amide bonds. The Bertz CT molecular complexity index is 967. The molecule has 1 aliphatic carbocycles. The predicted molar refractivity (Wildman–Crippen MR) is 128 cm³/mol. The lowest BCUT2D eigenvalue weighted by Crippen LogP contribution is -2.59. The monoisotopic (exact) mass is 471 g/mol. The number of fused-ring (bicyclic) bond motifs is 2. The molecule has 2 saturated heterocycles. The van der Waals surface area contributed by atoms with Crippen molar-refractivity contribution in [3.8, 4) is 0 Å². The molecule has 1 saturated carbocycles. The van der Waals surface area contributed by atoms with Gasteiger partial charge in [-0.15, -0.1) is 0 Å². The number of anilines is 2. The van der Waals surface area contributed by atoms with E-state index < -0.39 is 5.60 Å².